The number of nitrogens with zero attached hydrogens (tertiary/aromatic N) is 1. The zero-order chi connectivity index (χ0) is 11.8. The van der Waals surface area contributed by atoms with Crippen LogP contribution in [0.2, 0.25) is 0 Å². The molecule has 0 radical (unpaired) electrons. The molecule has 0 aliphatic carbocycles. The smallest absolute Gasteiger partial charge is 0.307 e. The first-order valence-corrected chi connectivity index (χ1v) is 5.42. The van der Waals surface area contributed by atoms with E-state index in [2.05, 4.69) is 15.0 Å². The molecule has 0 aromatic carbocycles. The quantitative estimate of drug-likeness (QED) is 0.734. The molecule has 0 fully saturated rings. The second-order valence-electron chi connectivity index (χ2n) is 3.71. The Balaban J connectivity index is 2.18. The number of hydrogen-bond donors (Lipinski definition) is 1. The SMILES string of the molecule is COC(=O)CC(C)NCCc1ccccn1. The summed E-state index contributed by atoms with van der Waals surface area (Å²) in [6.07, 6.45) is 3.05. The van der Waals surface area contributed by atoms with Crippen LogP contribution in [0.1, 0.15) is 19.0 Å². The first kappa shape index (κ1) is 12.6. The lowest BCUT2D eigenvalue weighted by atomic mass is 10.2. The van der Waals surface area contributed by atoms with E-state index < -0.39 is 0 Å². The summed E-state index contributed by atoms with van der Waals surface area (Å²) in [7, 11) is 1.41. The Morgan fingerprint density at radius 3 is 3.00 bits per heavy atom. The molecule has 0 aliphatic heterocycles. The summed E-state index contributed by atoms with van der Waals surface area (Å²) in [4.78, 5) is 15.2. The lowest BCUT2D eigenvalue weighted by molar-refractivity contribution is -0.141. The lowest BCUT2D eigenvalue weighted by Crippen LogP contribution is -2.30. The van der Waals surface area contributed by atoms with Crippen molar-refractivity contribution in [3.63, 3.8) is 0 Å². The maximum Gasteiger partial charge on any atom is 0.307 e. The van der Waals surface area contributed by atoms with Gasteiger partial charge in [0.1, 0.15) is 0 Å². The van der Waals surface area contributed by atoms with Crippen LogP contribution in [0.15, 0.2) is 24.4 Å². The first-order valence-electron chi connectivity index (χ1n) is 5.42. The van der Waals surface area contributed by atoms with Gasteiger partial charge in [-0.25, -0.2) is 0 Å². The fourth-order valence-corrected chi connectivity index (χ4v) is 1.40. The van der Waals surface area contributed by atoms with Gasteiger partial charge in [0.2, 0.25) is 0 Å². The molecule has 1 heterocycles. The molecule has 1 rings (SSSR count). The first-order chi connectivity index (χ1) is 7.72. The van der Waals surface area contributed by atoms with Crippen LogP contribution in [0.3, 0.4) is 0 Å². The molecule has 0 saturated carbocycles. The van der Waals surface area contributed by atoms with E-state index in [0.29, 0.717) is 6.42 Å². The van der Waals surface area contributed by atoms with Gasteiger partial charge in [-0.1, -0.05) is 6.07 Å². The zero-order valence-corrected chi connectivity index (χ0v) is 9.77. The van der Waals surface area contributed by atoms with Crippen molar-refractivity contribution in [2.45, 2.75) is 25.8 Å². The average molecular weight is 222 g/mol. The highest BCUT2D eigenvalue weighted by Crippen LogP contribution is 1.96. The van der Waals surface area contributed by atoms with Crippen molar-refractivity contribution in [3.05, 3.63) is 30.1 Å². The van der Waals surface area contributed by atoms with Crippen LogP contribution in [-0.2, 0) is 16.0 Å². The number of pyridine rings is 1. The number of methoxy groups -OCH3 is 1. The van der Waals surface area contributed by atoms with Crippen molar-refractivity contribution in [1.29, 1.82) is 0 Å². The molecule has 0 bridgehead atoms. The molecule has 1 aromatic rings. The number of carbonyl (C=O) groups is 1. The second-order valence-corrected chi connectivity index (χ2v) is 3.71. The van der Waals surface area contributed by atoms with E-state index in [4.69, 9.17) is 0 Å². The summed E-state index contributed by atoms with van der Waals surface area (Å²) in [6, 6.07) is 6.00. The highest BCUT2D eigenvalue weighted by Gasteiger charge is 2.07. The molecule has 0 aliphatic rings. The van der Waals surface area contributed by atoms with E-state index in [-0.39, 0.29) is 12.0 Å². The van der Waals surface area contributed by atoms with Gasteiger partial charge in [-0.3, -0.25) is 9.78 Å². The minimum Gasteiger partial charge on any atom is -0.469 e. The highest BCUT2D eigenvalue weighted by atomic mass is 16.5. The molecule has 1 N–H and O–H groups in total. The molecule has 1 unspecified atom stereocenters. The van der Waals surface area contributed by atoms with E-state index in [1.165, 1.54) is 7.11 Å². The van der Waals surface area contributed by atoms with Crippen molar-refractivity contribution >= 4 is 5.97 Å². The molecule has 0 spiro atoms. The van der Waals surface area contributed by atoms with Crippen LogP contribution >= 0.6 is 0 Å². The van der Waals surface area contributed by atoms with Crippen LogP contribution in [0.5, 0.6) is 0 Å². The monoisotopic (exact) mass is 222 g/mol. The van der Waals surface area contributed by atoms with Crippen LogP contribution in [0.25, 0.3) is 0 Å². The molecule has 16 heavy (non-hydrogen) atoms. The van der Waals surface area contributed by atoms with Crippen LogP contribution in [-0.4, -0.2) is 30.6 Å². The Morgan fingerprint density at radius 1 is 1.56 bits per heavy atom. The molecule has 88 valence electrons. The van der Waals surface area contributed by atoms with Gasteiger partial charge in [-0.05, 0) is 19.1 Å². The number of ether oxygens (including phenoxy) is 1. The predicted octanol–water partition coefficient (Wildman–Crippen LogP) is 1.17. The Kier molecular flexibility index (Phi) is 5.50. The van der Waals surface area contributed by atoms with Gasteiger partial charge in [0.15, 0.2) is 0 Å². The Morgan fingerprint density at radius 2 is 2.38 bits per heavy atom. The molecular weight excluding hydrogens is 204 g/mol. The van der Waals surface area contributed by atoms with E-state index in [1.54, 1.807) is 6.20 Å². The van der Waals surface area contributed by atoms with Crippen LogP contribution in [0.4, 0.5) is 0 Å². The van der Waals surface area contributed by atoms with E-state index >= 15 is 0 Å². The molecule has 0 saturated heterocycles. The molecule has 1 atom stereocenters. The number of nitrogens with one attached hydrogen (secondary N) is 1. The molecule has 4 nitrogen and oxygen atoms in total. The molecule has 4 heteroatoms. The van der Waals surface area contributed by atoms with Gasteiger partial charge in [-0.15, -0.1) is 0 Å². The van der Waals surface area contributed by atoms with Crippen LogP contribution < -0.4 is 5.32 Å². The third-order valence-electron chi connectivity index (χ3n) is 2.30. The van der Waals surface area contributed by atoms with Gasteiger partial charge in [0.25, 0.3) is 0 Å². The van der Waals surface area contributed by atoms with Crippen molar-refractivity contribution in [1.82, 2.24) is 10.3 Å². The highest BCUT2D eigenvalue weighted by molar-refractivity contribution is 5.69. The van der Waals surface area contributed by atoms with Gasteiger partial charge < -0.3 is 10.1 Å². The Labute approximate surface area is 96.0 Å². The second kappa shape index (κ2) is 6.95. The van der Waals surface area contributed by atoms with Crippen molar-refractivity contribution < 1.29 is 9.53 Å². The summed E-state index contributed by atoms with van der Waals surface area (Å²) < 4.78 is 4.59. The largest absolute Gasteiger partial charge is 0.469 e. The number of esters is 1. The van der Waals surface area contributed by atoms with Gasteiger partial charge >= 0.3 is 5.97 Å². The van der Waals surface area contributed by atoms with Gasteiger partial charge in [0, 0.05) is 30.9 Å². The standard InChI is InChI=1S/C12H18N2O2/c1-10(9-12(15)16-2)13-8-6-11-5-3-4-7-14-11/h3-5,7,10,13H,6,8-9H2,1-2H3. The zero-order valence-electron chi connectivity index (χ0n) is 9.77. The van der Waals surface area contributed by atoms with Gasteiger partial charge in [-0.2, -0.15) is 0 Å². The lowest BCUT2D eigenvalue weighted by Gasteiger charge is -2.11. The minimum absolute atomic E-state index is 0.135. The summed E-state index contributed by atoms with van der Waals surface area (Å²) in [6.45, 7) is 2.78. The molecule has 0 amide bonds. The van der Waals surface area contributed by atoms with Crippen molar-refractivity contribution in [3.8, 4) is 0 Å². The average Bonchev–Trinajstić information content (AvgIpc) is 2.30. The summed E-state index contributed by atoms with van der Waals surface area (Å²) >= 11 is 0. The molecular formula is C12H18N2O2. The predicted molar refractivity (Wildman–Crippen MR) is 62.0 cm³/mol. The van der Waals surface area contributed by atoms with Crippen LogP contribution in [0, 0.1) is 0 Å². The third kappa shape index (κ3) is 4.89. The van der Waals surface area contributed by atoms with E-state index in [0.717, 1.165) is 18.7 Å². The summed E-state index contributed by atoms with van der Waals surface area (Å²) in [5, 5.41) is 3.26. The molecule has 1 aromatic heterocycles. The Hall–Kier alpha value is -1.42. The maximum absolute atomic E-state index is 11.0. The fourth-order valence-electron chi connectivity index (χ4n) is 1.40. The normalized spacial score (nSPS) is 12.1. The number of rotatable bonds is 6. The topological polar surface area (TPSA) is 51.2 Å². The Bertz CT molecular complexity index is 314. The fraction of sp³-hybridized carbons (Fsp3) is 0.500. The van der Waals surface area contributed by atoms with Crippen molar-refractivity contribution in [2.24, 2.45) is 0 Å². The summed E-state index contributed by atoms with van der Waals surface area (Å²) in [5.41, 5.74) is 1.06. The van der Waals surface area contributed by atoms with Gasteiger partial charge in [0.05, 0.1) is 13.5 Å². The van der Waals surface area contributed by atoms with Crippen molar-refractivity contribution in [2.75, 3.05) is 13.7 Å². The van der Waals surface area contributed by atoms with E-state index in [9.17, 15) is 4.79 Å². The third-order valence-corrected chi connectivity index (χ3v) is 2.30. The number of hydrogen-bond acceptors (Lipinski definition) is 4. The maximum atomic E-state index is 11.0. The summed E-state index contributed by atoms with van der Waals surface area (Å²) in [5.74, 6) is -0.183. The number of aromatic nitrogens is 1. The number of carbonyl (C=O) groups excluding carboxylic acids is 1. The minimum atomic E-state index is -0.183. The van der Waals surface area contributed by atoms with E-state index in [1.807, 2.05) is 25.1 Å².